The molecule has 0 saturated carbocycles. The number of hydrogen-bond acceptors (Lipinski definition) is 2. The summed E-state index contributed by atoms with van der Waals surface area (Å²) in [7, 11) is 1.49. The van der Waals surface area contributed by atoms with Crippen LogP contribution in [0.5, 0.6) is 5.75 Å². The lowest BCUT2D eigenvalue weighted by molar-refractivity contribution is 0.385. The minimum atomic E-state index is -0.272. The number of nitrogens with one attached hydrogen (secondary N) is 1. The minimum absolute atomic E-state index is 0.272. The van der Waals surface area contributed by atoms with Crippen LogP contribution in [-0.2, 0) is 0 Å². The van der Waals surface area contributed by atoms with Crippen molar-refractivity contribution >= 4 is 0 Å². The molecule has 2 nitrogen and oxygen atoms in total. The smallest absolute Gasteiger partial charge is 0.165 e. The number of ether oxygens (including phenoxy) is 1. The molecule has 1 aromatic carbocycles. The molecule has 0 spiro atoms. The van der Waals surface area contributed by atoms with E-state index in [0.29, 0.717) is 23.8 Å². The standard InChI is InChI=1S/C13H18FNO/c1-8-6-11(9(2)15-8)10-4-5-13(16-3)12(14)7-10/h4-5,7-9,11,15H,6H2,1-3H3. The molecule has 0 amide bonds. The molecule has 0 radical (unpaired) electrons. The van der Waals surface area contributed by atoms with E-state index in [1.807, 2.05) is 6.07 Å². The van der Waals surface area contributed by atoms with Gasteiger partial charge in [-0.05, 0) is 38.0 Å². The van der Waals surface area contributed by atoms with Crippen molar-refractivity contribution in [1.29, 1.82) is 0 Å². The van der Waals surface area contributed by atoms with Gasteiger partial charge in [0.2, 0.25) is 0 Å². The molecule has 0 bridgehead atoms. The van der Waals surface area contributed by atoms with Crippen molar-refractivity contribution in [2.75, 3.05) is 7.11 Å². The van der Waals surface area contributed by atoms with Gasteiger partial charge in [-0.3, -0.25) is 0 Å². The number of hydrogen-bond donors (Lipinski definition) is 1. The van der Waals surface area contributed by atoms with Gasteiger partial charge < -0.3 is 10.1 Å². The first-order valence-corrected chi connectivity index (χ1v) is 5.71. The van der Waals surface area contributed by atoms with E-state index in [1.54, 1.807) is 12.1 Å². The second kappa shape index (κ2) is 4.42. The summed E-state index contributed by atoms with van der Waals surface area (Å²) in [6.45, 7) is 4.31. The molecule has 1 aromatic rings. The van der Waals surface area contributed by atoms with Crippen LogP contribution in [0.3, 0.4) is 0 Å². The number of benzene rings is 1. The highest BCUT2D eigenvalue weighted by Crippen LogP contribution is 2.32. The average Bonchev–Trinajstić information content (AvgIpc) is 2.58. The Morgan fingerprint density at radius 1 is 1.38 bits per heavy atom. The molecule has 88 valence electrons. The van der Waals surface area contributed by atoms with Gasteiger partial charge in [-0.1, -0.05) is 6.07 Å². The SMILES string of the molecule is COc1ccc(C2CC(C)NC2C)cc1F. The fraction of sp³-hybridized carbons (Fsp3) is 0.538. The zero-order valence-corrected chi connectivity index (χ0v) is 9.96. The van der Waals surface area contributed by atoms with Gasteiger partial charge in [0.05, 0.1) is 7.11 Å². The van der Waals surface area contributed by atoms with E-state index < -0.39 is 0 Å². The van der Waals surface area contributed by atoms with E-state index in [-0.39, 0.29) is 5.82 Å². The zero-order valence-electron chi connectivity index (χ0n) is 9.96. The lowest BCUT2D eigenvalue weighted by atomic mass is 9.91. The molecular formula is C13H18FNO. The topological polar surface area (TPSA) is 21.3 Å². The summed E-state index contributed by atoms with van der Waals surface area (Å²) >= 11 is 0. The number of rotatable bonds is 2. The Bertz CT molecular complexity index is 380. The van der Waals surface area contributed by atoms with Crippen molar-refractivity contribution in [1.82, 2.24) is 5.32 Å². The van der Waals surface area contributed by atoms with Gasteiger partial charge >= 0.3 is 0 Å². The third-order valence-corrected chi connectivity index (χ3v) is 3.36. The third kappa shape index (κ3) is 2.05. The molecule has 16 heavy (non-hydrogen) atoms. The highest BCUT2D eigenvalue weighted by atomic mass is 19.1. The van der Waals surface area contributed by atoms with Gasteiger partial charge in [0.1, 0.15) is 0 Å². The maximum Gasteiger partial charge on any atom is 0.165 e. The molecule has 0 aliphatic carbocycles. The Morgan fingerprint density at radius 2 is 2.12 bits per heavy atom. The molecule has 1 aliphatic rings. The lowest BCUT2D eigenvalue weighted by Crippen LogP contribution is -2.26. The number of halogens is 1. The highest BCUT2D eigenvalue weighted by Gasteiger charge is 2.29. The van der Waals surface area contributed by atoms with Crippen LogP contribution in [-0.4, -0.2) is 19.2 Å². The molecule has 1 N–H and O–H groups in total. The Balaban J connectivity index is 2.24. The largest absolute Gasteiger partial charge is 0.494 e. The van der Waals surface area contributed by atoms with Crippen molar-refractivity contribution in [2.45, 2.75) is 38.3 Å². The second-order valence-corrected chi connectivity index (χ2v) is 4.59. The van der Waals surface area contributed by atoms with Crippen LogP contribution in [0.4, 0.5) is 4.39 Å². The minimum Gasteiger partial charge on any atom is -0.494 e. The molecule has 0 aromatic heterocycles. The zero-order chi connectivity index (χ0) is 11.7. The molecule has 1 saturated heterocycles. The van der Waals surface area contributed by atoms with Crippen molar-refractivity contribution < 1.29 is 9.13 Å². The van der Waals surface area contributed by atoms with Gasteiger partial charge in [-0.25, -0.2) is 4.39 Å². The van der Waals surface area contributed by atoms with Crippen LogP contribution >= 0.6 is 0 Å². The monoisotopic (exact) mass is 223 g/mol. The highest BCUT2D eigenvalue weighted by molar-refractivity contribution is 5.32. The molecule has 3 unspecified atom stereocenters. The Morgan fingerprint density at radius 3 is 2.62 bits per heavy atom. The first-order valence-electron chi connectivity index (χ1n) is 5.71. The normalized spacial score (nSPS) is 29.4. The van der Waals surface area contributed by atoms with Gasteiger partial charge in [0.25, 0.3) is 0 Å². The molecule has 1 heterocycles. The third-order valence-electron chi connectivity index (χ3n) is 3.36. The van der Waals surface area contributed by atoms with Crippen molar-refractivity contribution in [3.63, 3.8) is 0 Å². The molecule has 1 aliphatic heterocycles. The van der Waals surface area contributed by atoms with Crippen molar-refractivity contribution in [2.24, 2.45) is 0 Å². The molecular weight excluding hydrogens is 205 g/mol. The molecule has 1 fully saturated rings. The van der Waals surface area contributed by atoms with Crippen LogP contribution < -0.4 is 10.1 Å². The summed E-state index contributed by atoms with van der Waals surface area (Å²) in [5.74, 6) is 0.442. The van der Waals surface area contributed by atoms with Crippen LogP contribution in [0.2, 0.25) is 0 Å². The fourth-order valence-electron chi connectivity index (χ4n) is 2.56. The summed E-state index contributed by atoms with van der Waals surface area (Å²) in [6.07, 6.45) is 1.06. The first kappa shape index (κ1) is 11.4. The second-order valence-electron chi connectivity index (χ2n) is 4.59. The predicted octanol–water partition coefficient (Wildman–Crippen LogP) is 2.69. The van der Waals surface area contributed by atoms with Gasteiger partial charge in [0.15, 0.2) is 11.6 Å². The van der Waals surface area contributed by atoms with Gasteiger partial charge in [-0.2, -0.15) is 0 Å². The molecule has 3 heteroatoms. The van der Waals surface area contributed by atoms with E-state index >= 15 is 0 Å². The van der Waals surface area contributed by atoms with Gasteiger partial charge in [-0.15, -0.1) is 0 Å². The molecule has 2 rings (SSSR count). The summed E-state index contributed by atoms with van der Waals surface area (Å²) in [4.78, 5) is 0. The number of methoxy groups -OCH3 is 1. The molecule has 3 atom stereocenters. The summed E-state index contributed by atoms with van der Waals surface area (Å²) in [6, 6.07) is 6.18. The summed E-state index contributed by atoms with van der Waals surface area (Å²) in [5.41, 5.74) is 1.06. The van der Waals surface area contributed by atoms with Crippen LogP contribution in [0.1, 0.15) is 31.7 Å². The van der Waals surface area contributed by atoms with E-state index in [0.717, 1.165) is 12.0 Å². The van der Waals surface area contributed by atoms with Crippen molar-refractivity contribution in [3.05, 3.63) is 29.6 Å². The lowest BCUT2D eigenvalue weighted by Gasteiger charge is -2.16. The predicted molar refractivity (Wildman–Crippen MR) is 62.4 cm³/mol. The van der Waals surface area contributed by atoms with E-state index in [1.165, 1.54) is 7.11 Å². The maximum absolute atomic E-state index is 13.6. The Hall–Kier alpha value is -1.09. The van der Waals surface area contributed by atoms with E-state index in [9.17, 15) is 4.39 Å². The van der Waals surface area contributed by atoms with Crippen molar-refractivity contribution in [3.8, 4) is 5.75 Å². The Kier molecular flexibility index (Phi) is 3.15. The van der Waals surface area contributed by atoms with E-state index in [2.05, 4.69) is 19.2 Å². The summed E-state index contributed by atoms with van der Waals surface area (Å²) in [5, 5.41) is 3.46. The Labute approximate surface area is 95.8 Å². The first-order chi connectivity index (χ1) is 7.61. The average molecular weight is 223 g/mol. The summed E-state index contributed by atoms with van der Waals surface area (Å²) < 4.78 is 18.5. The van der Waals surface area contributed by atoms with E-state index in [4.69, 9.17) is 4.74 Å². The van der Waals surface area contributed by atoms with Gasteiger partial charge in [0, 0.05) is 18.0 Å². The fourth-order valence-corrected chi connectivity index (χ4v) is 2.56. The maximum atomic E-state index is 13.6. The van der Waals surface area contributed by atoms with Crippen LogP contribution in [0, 0.1) is 5.82 Å². The quantitative estimate of drug-likeness (QED) is 0.832. The van der Waals surface area contributed by atoms with Crippen LogP contribution in [0.15, 0.2) is 18.2 Å². The van der Waals surface area contributed by atoms with Crippen LogP contribution in [0.25, 0.3) is 0 Å².